The Morgan fingerprint density at radius 1 is 1.18 bits per heavy atom. The Bertz CT molecular complexity index is 295. The van der Waals surface area contributed by atoms with E-state index < -0.39 is 0 Å². The third kappa shape index (κ3) is 5.85. The summed E-state index contributed by atoms with van der Waals surface area (Å²) in [6, 6.07) is 10.6. The zero-order valence-electron chi connectivity index (χ0n) is 11.4. The van der Waals surface area contributed by atoms with Crippen LogP contribution in [-0.2, 0) is 0 Å². The van der Waals surface area contributed by atoms with Gasteiger partial charge in [-0.1, -0.05) is 44.2 Å². The van der Waals surface area contributed by atoms with Gasteiger partial charge in [0.2, 0.25) is 0 Å². The molecule has 0 heterocycles. The van der Waals surface area contributed by atoms with Crippen LogP contribution in [0.1, 0.15) is 38.3 Å². The Hall–Kier alpha value is -0.860. The quantitative estimate of drug-likeness (QED) is 0.785. The molecule has 1 unspecified atom stereocenters. The number of rotatable bonds is 7. The highest BCUT2D eigenvalue weighted by atomic mass is 15.1. The predicted molar refractivity (Wildman–Crippen MR) is 74.9 cm³/mol. The van der Waals surface area contributed by atoms with E-state index in [2.05, 4.69) is 50.1 Å². The summed E-state index contributed by atoms with van der Waals surface area (Å²) >= 11 is 0. The fourth-order valence-electron chi connectivity index (χ4n) is 2.16. The van der Waals surface area contributed by atoms with Gasteiger partial charge >= 0.3 is 0 Å². The molecule has 0 aliphatic rings. The van der Waals surface area contributed by atoms with Gasteiger partial charge < -0.3 is 10.6 Å². The van der Waals surface area contributed by atoms with Gasteiger partial charge in [-0.3, -0.25) is 0 Å². The van der Waals surface area contributed by atoms with Gasteiger partial charge in [0.15, 0.2) is 0 Å². The summed E-state index contributed by atoms with van der Waals surface area (Å²) in [5.74, 6) is 0.739. The van der Waals surface area contributed by atoms with Crippen molar-refractivity contribution in [1.82, 2.24) is 4.90 Å². The lowest BCUT2D eigenvalue weighted by Crippen LogP contribution is -2.25. The molecule has 0 aliphatic carbocycles. The molecular formula is C15H26N2. The van der Waals surface area contributed by atoms with Crippen molar-refractivity contribution in [2.75, 3.05) is 20.1 Å². The third-order valence-electron chi connectivity index (χ3n) is 2.96. The summed E-state index contributed by atoms with van der Waals surface area (Å²) in [7, 11) is 2.19. The highest BCUT2D eigenvalue weighted by Crippen LogP contribution is 2.15. The second kappa shape index (κ2) is 7.46. The fraction of sp³-hybridized carbons (Fsp3) is 0.600. The van der Waals surface area contributed by atoms with E-state index in [4.69, 9.17) is 5.73 Å². The molecule has 0 fully saturated rings. The molecule has 0 spiro atoms. The lowest BCUT2D eigenvalue weighted by atomic mass is 10.0. The zero-order chi connectivity index (χ0) is 12.7. The Morgan fingerprint density at radius 2 is 1.82 bits per heavy atom. The highest BCUT2D eigenvalue weighted by Gasteiger charge is 2.06. The second-order valence-corrected chi connectivity index (χ2v) is 5.32. The molecule has 0 bridgehead atoms. The number of nitrogens with two attached hydrogens (primary N) is 1. The summed E-state index contributed by atoms with van der Waals surface area (Å²) in [4.78, 5) is 2.39. The first-order chi connectivity index (χ1) is 8.09. The van der Waals surface area contributed by atoms with Crippen molar-refractivity contribution in [1.29, 1.82) is 0 Å². The van der Waals surface area contributed by atoms with Crippen molar-refractivity contribution < 1.29 is 0 Å². The van der Waals surface area contributed by atoms with Crippen LogP contribution in [0, 0.1) is 5.92 Å². The molecule has 2 N–H and O–H groups in total. The van der Waals surface area contributed by atoms with Crippen LogP contribution < -0.4 is 5.73 Å². The molecule has 1 atom stereocenters. The van der Waals surface area contributed by atoms with Crippen molar-refractivity contribution in [2.24, 2.45) is 11.7 Å². The number of benzene rings is 1. The van der Waals surface area contributed by atoms with Gasteiger partial charge in [0.1, 0.15) is 0 Å². The Kier molecular flexibility index (Phi) is 6.23. The van der Waals surface area contributed by atoms with Crippen LogP contribution in [0.5, 0.6) is 0 Å². The average molecular weight is 234 g/mol. The standard InChI is InChI=1S/C15H26N2/c1-13(2)12-17(3)11-7-10-15(16)14-8-5-4-6-9-14/h4-6,8-9,13,15H,7,10-12,16H2,1-3H3. The van der Waals surface area contributed by atoms with Gasteiger partial charge in [-0.15, -0.1) is 0 Å². The van der Waals surface area contributed by atoms with E-state index in [-0.39, 0.29) is 6.04 Å². The van der Waals surface area contributed by atoms with Crippen molar-refractivity contribution >= 4 is 0 Å². The topological polar surface area (TPSA) is 29.3 Å². The number of nitrogens with zero attached hydrogens (tertiary/aromatic N) is 1. The van der Waals surface area contributed by atoms with Gasteiger partial charge in [0.05, 0.1) is 0 Å². The van der Waals surface area contributed by atoms with E-state index in [0.29, 0.717) is 0 Å². The van der Waals surface area contributed by atoms with Crippen molar-refractivity contribution in [3.63, 3.8) is 0 Å². The van der Waals surface area contributed by atoms with Crippen LogP contribution >= 0.6 is 0 Å². The Labute approximate surface area is 106 Å². The molecule has 1 aromatic carbocycles. The molecule has 1 rings (SSSR count). The second-order valence-electron chi connectivity index (χ2n) is 5.32. The van der Waals surface area contributed by atoms with Gasteiger partial charge in [-0.2, -0.15) is 0 Å². The average Bonchev–Trinajstić information content (AvgIpc) is 2.29. The van der Waals surface area contributed by atoms with Crippen LogP contribution in [0.2, 0.25) is 0 Å². The first-order valence-electron chi connectivity index (χ1n) is 6.58. The molecule has 0 aromatic heterocycles. The normalized spacial score (nSPS) is 13.3. The molecule has 0 saturated heterocycles. The summed E-state index contributed by atoms with van der Waals surface area (Å²) in [6.07, 6.45) is 2.23. The minimum absolute atomic E-state index is 0.184. The molecule has 2 heteroatoms. The van der Waals surface area contributed by atoms with E-state index in [1.165, 1.54) is 18.5 Å². The number of hydrogen-bond acceptors (Lipinski definition) is 2. The maximum atomic E-state index is 6.16. The maximum absolute atomic E-state index is 6.16. The van der Waals surface area contributed by atoms with Gasteiger partial charge in [-0.05, 0) is 37.9 Å². The molecule has 17 heavy (non-hydrogen) atoms. The molecule has 0 saturated carbocycles. The molecule has 2 nitrogen and oxygen atoms in total. The first-order valence-corrected chi connectivity index (χ1v) is 6.58. The maximum Gasteiger partial charge on any atom is 0.0295 e. The van der Waals surface area contributed by atoms with E-state index >= 15 is 0 Å². The molecule has 0 aliphatic heterocycles. The van der Waals surface area contributed by atoms with Crippen LogP contribution in [0.25, 0.3) is 0 Å². The summed E-state index contributed by atoms with van der Waals surface area (Å²) in [5, 5.41) is 0. The molecular weight excluding hydrogens is 208 g/mol. The highest BCUT2D eigenvalue weighted by molar-refractivity contribution is 5.18. The van der Waals surface area contributed by atoms with Gasteiger partial charge in [0, 0.05) is 12.6 Å². The van der Waals surface area contributed by atoms with Crippen LogP contribution in [0.4, 0.5) is 0 Å². The lowest BCUT2D eigenvalue weighted by molar-refractivity contribution is 0.286. The van der Waals surface area contributed by atoms with E-state index in [1.54, 1.807) is 0 Å². The lowest BCUT2D eigenvalue weighted by Gasteiger charge is -2.20. The Balaban J connectivity index is 2.23. The van der Waals surface area contributed by atoms with E-state index in [1.807, 2.05) is 6.07 Å². The fourth-order valence-corrected chi connectivity index (χ4v) is 2.16. The predicted octanol–water partition coefficient (Wildman–Crippen LogP) is 3.05. The number of hydrogen-bond donors (Lipinski definition) is 1. The Morgan fingerprint density at radius 3 is 2.41 bits per heavy atom. The monoisotopic (exact) mass is 234 g/mol. The largest absolute Gasteiger partial charge is 0.324 e. The van der Waals surface area contributed by atoms with Crippen LogP contribution in [0.3, 0.4) is 0 Å². The van der Waals surface area contributed by atoms with Crippen molar-refractivity contribution in [3.8, 4) is 0 Å². The zero-order valence-corrected chi connectivity index (χ0v) is 11.4. The summed E-state index contributed by atoms with van der Waals surface area (Å²) < 4.78 is 0. The first kappa shape index (κ1) is 14.2. The van der Waals surface area contributed by atoms with Crippen molar-refractivity contribution in [3.05, 3.63) is 35.9 Å². The van der Waals surface area contributed by atoms with Crippen LogP contribution in [-0.4, -0.2) is 25.0 Å². The van der Waals surface area contributed by atoms with Crippen molar-refractivity contribution in [2.45, 2.75) is 32.7 Å². The van der Waals surface area contributed by atoms with E-state index in [9.17, 15) is 0 Å². The molecule has 0 radical (unpaired) electrons. The van der Waals surface area contributed by atoms with Gasteiger partial charge in [0.25, 0.3) is 0 Å². The minimum Gasteiger partial charge on any atom is -0.324 e. The summed E-state index contributed by atoms with van der Waals surface area (Å²) in [5.41, 5.74) is 7.41. The SMILES string of the molecule is CC(C)CN(C)CCCC(N)c1ccccc1. The van der Waals surface area contributed by atoms with Crippen LogP contribution in [0.15, 0.2) is 30.3 Å². The third-order valence-corrected chi connectivity index (χ3v) is 2.96. The van der Waals surface area contributed by atoms with Gasteiger partial charge in [-0.25, -0.2) is 0 Å². The smallest absolute Gasteiger partial charge is 0.0295 e. The summed E-state index contributed by atoms with van der Waals surface area (Å²) in [6.45, 7) is 6.82. The minimum atomic E-state index is 0.184. The molecule has 0 amide bonds. The molecule has 1 aromatic rings. The molecule has 96 valence electrons. The van der Waals surface area contributed by atoms with E-state index in [0.717, 1.165) is 18.9 Å².